The van der Waals surface area contributed by atoms with E-state index in [0.717, 1.165) is 6.08 Å². The lowest BCUT2D eigenvalue weighted by Crippen LogP contribution is -2.12. The van der Waals surface area contributed by atoms with E-state index in [1.807, 2.05) is 0 Å². The Morgan fingerprint density at radius 1 is 1.11 bits per heavy atom. The fraction of sp³-hybridized carbons (Fsp3) is 0.111. The van der Waals surface area contributed by atoms with Crippen LogP contribution in [-0.4, -0.2) is 27.2 Å². The van der Waals surface area contributed by atoms with Gasteiger partial charge in [0.2, 0.25) is 0 Å². The number of carboxylic acid groups (broad SMARTS) is 1. The largest absolute Gasteiger partial charge is 0.508 e. The van der Waals surface area contributed by atoms with Crippen LogP contribution in [0.5, 0.6) is 11.5 Å². The van der Waals surface area contributed by atoms with Gasteiger partial charge in [-0.1, -0.05) is 24.3 Å². The van der Waals surface area contributed by atoms with Crippen molar-refractivity contribution < 1.29 is 34.5 Å². The van der Waals surface area contributed by atoms with Crippen LogP contribution in [0.25, 0.3) is 6.08 Å². The first kappa shape index (κ1) is 19.4. The zero-order valence-electron chi connectivity index (χ0n) is 13.9. The molecule has 0 spiro atoms. The predicted octanol–water partition coefficient (Wildman–Crippen LogP) is 2.35. The van der Waals surface area contributed by atoms with Crippen LogP contribution >= 0.6 is 0 Å². The topological polar surface area (TPSA) is 136 Å². The average Bonchev–Trinajstić information content (AvgIpc) is 2.61. The molecular formula is C18H15NO8. The van der Waals surface area contributed by atoms with Gasteiger partial charge in [0.25, 0.3) is 5.09 Å². The third-order valence-electron chi connectivity index (χ3n) is 3.33. The Kier molecular flexibility index (Phi) is 6.48. The van der Waals surface area contributed by atoms with Gasteiger partial charge in [0.1, 0.15) is 18.1 Å². The number of hydrogen-bond donors (Lipinski definition) is 2. The summed E-state index contributed by atoms with van der Waals surface area (Å²) < 4.78 is 5.24. The first-order chi connectivity index (χ1) is 12.8. The molecule has 2 N–H and O–H groups in total. The van der Waals surface area contributed by atoms with Gasteiger partial charge in [-0.3, -0.25) is 4.79 Å². The Balaban J connectivity index is 2.03. The van der Waals surface area contributed by atoms with Crippen molar-refractivity contribution in [2.24, 2.45) is 0 Å². The van der Waals surface area contributed by atoms with Crippen molar-refractivity contribution in [3.8, 4) is 11.5 Å². The Labute approximate surface area is 153 Å². The molecule has 0 aromatic heterocycles. The summed E-state index contributed by atoms with van der Waals surface area (Å²) in [6.07, 6.45) is 1.99. The van der Waals surface area contributed by atoms with Crippen LogP contribution < -0.4 is 4.74 Å². The summed E-state index contributed by atoms with van der Waals surface area (Å²) in [5.41, 5.74) is 1.42. The minimum atomic E-state index is -1.18. The van der Waals surface area contributed by atoms with Gasteiger partial charge < -0.3 is 19.8 Å². The number of aromatic hydroxyl groups is 1. The molecule has 140 valence electrons. The first-order valence-corrected chi connectivity index (χ1v) is 7.63. The monoisotopic (exact) mass is 373 g/mol. The summed E-state index contributed by atoms with van der Waals surface area (Å²) in [6, 6.07) is 10.3. The van der Waals surface area contributed by atoms with Gasteiger partial charge >= 0.3 is 11.9 Å². The van der Waals surface area contributed by atoms with Crippen molar-refractivity contribution >= 4 is 18.0 Å². The highest BCUT2D eigenvalue weighted by molar-refractivity contribution is 5.86. The van der Waals surface area contributed by atoms with Crippen LogP contribution in [-0.2, 0) is 27.5 Å². The standard InChI is InChI=1S/C18H15NO8/c20-15-6-7-16(14(10-15)5-8-17(21)22)27-18(23)9-12-1-3-13(4-2-12)11-26-19(24)25/h1-8,10,20H,9,11H2,(H,21,22). The molecule has 0 atom stereocenters. The number of carbonyl (C=O) groups excluding carboxylic acids is 1. The SMILES string of the molecule is O=C(O)C=Cc1cc(O)ccc1OC(=O)Cc1ccc(CO[N+](=O)[O-])cc1. The second-order valence-electron chi connectivity index (χ2n) is 5.36. The molecule has 9 heteroatoms. The molecular weight excluding hydrogens is 358 g/mol. The molecule has 0 heterocycles. The molecule has 0 fully saturated rings. The Morgan fingerprint density at radius 2 is 1.78 bits per heavy atom. The van der Waals surface area contributed by atoms with Crippen molar-refractivity contribution in [3.63, 3.8) is 0 Å². The van der Waals surface area contributed by atoms with Crippen LogP contribution in [0.3, 0.4) is 0 Å². The highest BCUT2D eigenvalue weighted by atomic mass is 16.9. The number of carboxylic acids is 1. The van der Waals surface area contributed by atoms with Gasteiger partial charge in [0.15, 0.2) is 0 Å². The van der Waals surface area contributed by atoms with Crippen molar-refractivity contribution in [1.29, 1.82) is 0 Å². The summed E-state index contributed by atoms with van der Waals surface area (Å²) in [6.45, 7) is -0.190. The number of ether oxygens (including phenoxy) is 1. The Bertz CT molecular complexity index is 873. The van der Waals surface area contributed by atoms with E-state index in [1.165, 1.54) is 24.3 Å². The maximum absolute atomic E-state index is 12.1. The highest BCUT2D eigenvalue weighted by Crippen LogP contribution is 2.25. The molecule has 0 aliphatic rings. The molecule has 0 saturated carbocycles. The lowest BCUT2D eigenvalue weighted by Gasteiger charge is -2.08. The number of nitrogens with zero attached hydrogens (tertiary/aromatic N) is 1. The summed E-state index contributed by atoms with van der Waals surface area (Å²) in [7, 11) is 0. The third-order valence-corrected chi connectivity index (χ3v) is 3.33. The second-order valence-corrected chi connectivity index (χ2v) is 5.36. The minimum absolute atomic E-state index is 0.0701. The van der Waals surface area contributed by atoms with Gasteiger partial charge in [-0.2, -0.15) is 0 Å². The van der Waals surface area contributed by atoms with E-state index in [0.29, 0.717) is 11.1 Å². The maximum atomic E-state index is 12.1. The molecule has 0 aliphatic heterocycles. The van der Waals surface area contributed by atoms with E-state index in [4.69, 9.17) is 9.84 Å². The number of carbonyl (C=O) groups is 2. The molecule has 2 aromatic carbocycles. The Hall–Kier alpha value is -3.88. The quantitative estimate of drug-likeness (QED) is 0.237. The predicted molar refractivity (Wildman–Crippen MR) is 92.3 cm³/mol. The van der Waals surface area contributed by atoms with Crippen LogP contribution in [0.4, 0.5) is 0 Å². The van der Waals surface area contributed by atoms with Gasteiger partial charge in [-0.25, -0.2) is 4.79 Å². The Morgan fingerprint density at radius 3 is 2.41 bits per heavy atom. The maximum Gasteiger partial charge on any atom is 0.328 e. The van der Waals surface area contributed by atoms with E-state index in [9.17, 15) is 24.8 Å². The summed E-state index contributed by atoms with van der Waals surface area (Å²) in [4.78, 5) is 37.2. The number of rotatable bonds is 8. The number of phenols is 1. The number of phenolic OH excluding ortho intramolecular Hbond substituents is 1. The smallest absolute Gasteiger partial charge is 0.328 e. The van der Waals surface area contributed by atoms with E-state index >= 15 is 0 Å². The van der Waals surface area contributed by atoms with Crippen LogP contribution in [0.15, 0.2) is 48.5 Å². The molecule has 0 saturated heterocycles. The van der Waals surface area contributed by atoms with E-state index in [1.54, 1.807) is 24.3 Å². The molecule has 0 unspecified atom stereocenters. The van der Waals surface area contributed by atoms with Crippen molar-refractivity contribution in [1.82, 2.24) is 0 Å². The van der Waals surface area contributed by atoms with Crippen LogP contribution in [0.2, 0.25) is 0 Å². The zero-order valence-corrected chi connectivity index (χ0v) is 13.9. The van der Waals surface area contributed by atoms with Crippen molar-refractivity contribution in [2.45, 2.75) is 13.0 Å². The normalized spacial score (nSPS) is 10.5. The van der Waals surface area contributed by atoms with Gasteiger partial charge in [-0.05, 0) is 35.4 Å². The molecule has 0 radical (unpaired) electrons. The minimum Gasteiger partial charge on any atom is -0.508 e. The van der Waals surface area contributed by atoms with Crippen molar-refractivity contribution in [2.75, 3.05) is 0 Å². The first-order valence-electron chi connectivity index (χ1n) is 7.63. The number of benzene rings is 2. The number of hydrogen-bond acceptors (Lipinski definition) is 7. The fourth-order valence-electron chi connectivity index (χ4n) is 2.13. The zero-order chi connectivity index (χ0) is 19.8. The highest BCUT2D eigenvalue weighted by Gasteiger charge is 2.10. The van der Waals surface area contributed by atoms with E-state index in [2.05, 4.69) is 4.84 Å². The molecule has 27 heavy (non-hydrogen) atoms. The third kappa shape index (κ3) is 6.50. The van der Waals surface area contributed by atoms with E-state index in [-0.39, 0.29) is 30.1 Å². The average molecular weight is 373 g/mol. The fourth-order valence-corrected chi connectivity index (χ4v) is 2.13. The van der Waals surface area contributed by atoms with Crippen LogP contribution in [0.1, 0.15) is 16.7 Å². The summed E-state index contributed by atoms with van der Waals surface area (Å²) in [5.74, 6) is -1.78. The van der Waals surface area contributed by atoms with Gasteiger partial charge in [0, 0.05) is 11.6 Å². The second kappa shape index (κ2) is 8.99. The molecule has 0 aliphatic carbocycles. The van der Waals surface area contributed by atoms with E-state index < -0.39 is 17.0 Å². The lowest BCUT2D eigenvalue weighted by atomic mass is 10.1. The molecule has 2 rings (SSSR count). The molecule has 2 aromatic rings. The molecule has 0 amide bonds. The summed E-state index contributed by atoms with van der Waals surface area (Å²) >= 11 is 0. The molecule has 0 bridgehead atoms. The van der Waals surface area contributed by atoms with Crippen molar-refractivity contribution in [3.05, 3.63) is 75.3 Å². The van der Waals surface area contributed by atoms with Gasteiger partial charge in [-0.15, -0.1) is 10.1 Å². The van der Waals surface area contributed by atoms with Gasteiger partial charge in [0.05, 0.1) is 6.42 Å². The molecule has 9 nitrogen and oxygen atoms in total. The number of aliphatic carboxylic acids is 1. The lowest BCUT2D eigenvalue weighted by molar-refractivity contribution is -0.763. The summed E-state index contributed by atoms with van der Waals surface area (Å²) in [5, 5.41) is 27.5. The van der Waals surface area contributed by atoms with Crippen LogP contribution in [0, 0.1) is 10.1 Å². The number of esters is 1.